The fourth-order valence-corrected chi connectivity index (χ4v) is 3.46. The smallest absolute Gasteiger partial charge is 0.191 e. The molecule has 3 rings (SSSR count). The van der Waals surface area contributed by atoms with Gasteiger partial charge in [-0.1, -0.05) is 43.3 Å². The van der Waals surface area contributed by atoms with Gasteiger partial charge in [0.25, 0.3) is 0 Å². The fraction of sp³-hybridized carbons (Fsp3) is 0.524. The lowest BCUT2D eigenvalue weighted by Crippen LogP contribution is -2.39. The number of rotatable bonds is 6. The van der Waals surface area contributed by atoms with E-state index in [2.05, 4.69) is 65.8 Å². The van der Waals surface area contributed by atoms with Crippen LogP contribution in [-0.2, 0) is 13.0 Å². The Labute approximate surface area is 179 Å². The lowest BCUT2D eigenvalue weighted by atomic mass is 9.83. The topological polar surface area (TPSA) is 62.5 Å². The van der Waals surface area contributed by atoms with Gasteiger partial charge >= 0.3 is 0 Å². The van der Waals surface area contributed by atoms with Crippen molar-refractivity contribution in [3.63, 3.8) is 0 Å². The van der Waals surface area contributed by atoms with E-state index in [0.717, 1.165) is 30.5 Å². The van der Waals surface area contributed by atoms with Crippen LogP contribution in [-0.4, -0.2) is 24.2 Å². The average Bonchev–Trinajstić information content (AvgIpc) is 3.13. The summed E-state index contributed by atoms with van der Waals surface area (Å²) in [6.07, 6.45) is 3.68. The molecule has 0 spiro atoms. The minimum Gasteiger partial charge on any atom is -0.359 e. The van der Waals surface area contributed by atoms with Gasteiger partial charge in [-0.05, 0) is 43.2 Å². The van der Waals surface area contributed by atoms with E-state index in [9.17, 15) is 0 Å². The van der Waals surface area contributed by atoms with Crippen molar-refractivity contribution in [1.29, 1.82) is 0 Å². The van der Waals surface area contributed by atoms with Crippen LogP contribution < -0.4 is 10.6 Å². The Kier molecular flexibility index (Phi) is 8.60. The molecule has 27 heavy (non-hydrogen) atoms. The highest BCUT2D eigenvalue weighted by Gasteiger charge is 2.19. The lowest BCUT2D eigenvalue weighted by molar-refractivity contribution is 0.376. The molecule has 0 bridgehead atoms. The molecule has 2 N–H and O–H groups in total. The lowest BCUT2D eigenvalue weighted by Gasteiger charge is -2.26. The van der Waals surface area contributed by atoms with Gasteiger partial charge in [0.15, 0.2) is 11.7 Å². The van der Waals surface area contributed by atoms with Gasteiger partial charge in [-0.2, -0.15) is 0 Å². The summed E-state index contributed by atoms with van der Waals surface area (Å²) in [5.74, 6) is 2.54. The van der Waals surface area contributed by atoms with E-state index in [1.165, 1.54) is 30.4 Å². The van der Waals surface area contributed by atoms with Crippen LogP contribution in [0, 0.1) is 0 Å². The maximum atomic E-state index is 5.38. The van der Waals surface area contributed by atoms with Crippen LogP contribution in [0.4, 0.5) is 0 Å². The Bertz CT molecular complexity index is 741. The third-order valence-corrected chi connectivity index (χ3v) is 4.92. The zero-order chi connectivity index (χ0) is 18.4. The summed E-state index contributed by atoms with van der Waals surface area (Å²) in [7, 11) is 0. The van der Waals surface area contributed by atoms with Gasteiger partial charge in [0, 0.05) is 25.1 Å². The first-order valence-electron chi connectivity index (χ1n) is 9.72. The third kappa shape index (κ3) is 5.96. The van der Waals surface area contributed by atoms with Gasteiger partial charge in [0.2, 0.25) is 0 Å². The maximum absolute atomic E-state index is 5.38. The van der Waals surface area contributed by atoms with Crippen molar-refractivity contribution in [1.82, 2.24) is 15.8 Å². The molecule has 0 amide bonds. The quantitative estimate of drug-likeness (QED) is 0.359. The van der Waals surface area contributed by atoms with Crippen molar-refractivity contribution in [3.8, 4) is 0 Å². The zero-order valence-electron chi connectivity index (χ0n) is 16.5. The Hall–Kier alpha value is -1.57. The number of fused-ring (bicyclic) bond motifs is 1. The molecule has 6 heteroatoms. The second-order valence-electron chi connectivity index (χ2n) is 7.24. The monoisotopic (exact) mass is 482 g/mol. The molecular formula is C21H31IN4O. The van der Waals surface area contributed by atoms with Crippen LogP contribution in [0.25, 0.3) is 0 Å². The molecule has 0 saturated heterocycles. The van der Waals surface area contributed by atoms with Crippen molar-refractivity contribution >= 4 is 29.9 Å². The third-order valence-electron chi connectivity index (χ3n) is 4.92. The first-order valence-corrected chi connectivity index (χ1v) is 9.72. The number of hydrogen-bond acceptors (Lipinski definition) is 3. The van der Waals surface area contributed by atoms with Crippen LogP contribution in [0.2, 0.25) is 0 Å². The van der Waals surface area contributed by atoms with Crippen molar-refractivity contribution < 1.29 is 4.52 Å². The highest BCUT2D eigenvalue weighted by molar-refractivity contribution is 14.0. The molecule has 0 aliphatic heterocycles. The van der Waals surface area contributed by atoms with Gasteiger partial charge in [0.1, 0.15) is 6.54 Å². The number of aromatic nitrogens is 1. The first-order chi connectivity index (χ1) is 12.7. The second kappa shape index (κ2) is 10.7. The van der Waals surface area contributed by atoms with E-state index < -0.39 is 0 Å². The average molecular weight is 482 g/mol. The second-order valence-corrected chi connectivity index (χ2v) is 7.24. The summed E-state index contributed by atoms with van der Waals surface area (Å²) in [6.45, 7) is 8.53. The Balaban J connectivity index is 0.00000261. The van der Waals surface area contributed by atoms with Gasteiger partial charge in [-0.3, -0.25) is 0 Å². The molecule has 148 valence electrons. The van der Waals surface area contributed by atoms with E-state index in [1.54, 1.807) is 0 Å². The Morgan fingerprint density at radius 3 is 2.85 bits per heavy atom. The van der Waals surface area contributed by atoms with Crippen LogP contribution in [0.3, 0.4) is 0 Å². The highest BCUT2D eigenvalue weighted by Crippen LogP contribution is 2.30. The molecule has 0 radical (unpaired) electrons. The van der Waals surface area contributed by atoms with E-state index >= 15 is 0 Å². The van der Waals surface area contributed by atoms with Gasteiger partial charge < -0.3 is 15.2 Å². The molecule has 1 heterocycles. The molecule has 5 nitrogen and oxygen atoms in total. The summed E-state index contributed by atoms with van der Waals surface area (Å²) in [5.41, 5.74) is 3.96. The molecule has 1 atom stereocenters. The highest BCUT2D eigenvalue weighted by atomic mass is 127. The molecule has 1 aliphatic rings. The molecule has 1 aromatic heterocycles. The molecule has 1 aromatic carbocycles. The largest absolute Gasteiger partial charge is 0.359 e. The number of aryl methyl sites for hydroxylation is 1. The van der Waals surface area contributed by atoms with Crippen LogP contribution in [0.1, 0.15) is 68.0 Å². The molecule has 1 aliphatic carbocycles. The first kappa shape index (κ1) is 21.7. The van der Waals surface area contributed by atoms with Crippen molar-refractivity contribution in [2.24, 2.45) is 4.99 Å². The number of halogens is 1. The summed E-state index contributed by atoms with van der Waals surface area (Å²) in [4.78, 5) is 4.66. The molecule has 2 aromatic rings. The van der Waals surface area contributed by atoms with Crippen LogP contribution >= 0.6 is 24.0 Å². The van der Waals surface area contributed by atoms with E-state index in [4.69, 9.17) is 4.52 Å². The van der Waals surface area contributed by atoms with Crippen molar-refractivity contribution in [2.75, 3.05) is 13.1 Å². The zero-order valence-corrected chi connectivity index (χ0v) is 18.8. The van der Waals surface area contributed by atoms with Crippen LogP contribution in [0.15, 0.2) is 39.8 Å². The summed E-state index contributed by atoms with van der Waals surface area (Å²) in [5, 5.41) is 10.9. The standard InChI is InChI=1S/C21H30N4O.HI/c1-4-22-21(24-14-18-12-20(15(2)3)25-26-18)23-13-17-10-7-9-16-8-5-6-11-19(16)17;/h5-6,8,11-12,15,17H,4,7,9-10,13-14H2,1-3H3,(H2,22,23,24);1H. The van der Waals surface area contributed by atoms with Gasteiger partial charge in [-0.25, -0.2) is 4.99 Å². The number of nitrogens with one attached hydrogen (secondary N) is 2. The van der Waals surface area contributed by atoms with E-state index in [-0.39, 0.29) is 24.0 Å². The van der Waals surface area contributed by atoms with E-state index in [0.29, 0.717) is 18.4 Å². The van der Waals surface area contributed by atoms with Crippen molar-refractivity contribution in [2.45, 2.75) is 58.4 Å². The van der Waals surface area contributed by atoms with Crippen molar-refractivity contribution in [3.05, 3.63) is 52.9 Å². The fourth-order valence-electron chi connectivity index (χ4n) is 3.46. The number of nitrogens with zero attached hydrogens (tertiary/aromatic N) is 2. The molecule has 0 saturated carbocycles. The molecule has 0 fully saturated rings. The minimum absolute atomic E-state index is 0. The Morgan fingerprint density at radius 1 is 1.30 bits per heavy atom. The number of hydrogen-bond donors (Lipinski definition) is 2. The normalized spacial score (nSPS) is 16.6. The van der Waals surface area contributed by atoms with Gasteiger partial charge in [0.05, 0.1) is 5.69 Å². The maximum Gasteiger partial charge on any atom is 0.191 e. The predicted molar refractivity (Wildman–Crippen MR) is 121 cm³/mol. The minimum atomic E-state index is 0. The Morgan fingerprint density at radius 2 is 2.11 bits per heavy atom. The summed E-state index contributed by atoms with van der Waals surface area (Å²) < 4.78 is 5.38. The number of benzene rings is 1. The number of aliphatic imine (C=N–C) groups is 1. The van der Waals surface area contributed by atoms with Gasteiger partial charge in [-0.15, -0.1) is 24.0 Å². The van der Waals surface area contributed by atoms with Crippen LogP contribution in [0.5, 0.6) is 0 Å². The summed E-state index contributed by atoms with van der Waals surface area (Å²) >= 11 is 0. The molecular weight excluding hydrogens is 451 g/mol. The SMILES string of the molecule is CCNC(=NCc1cc(C(C)C)no1)NCC1CCCc2ccccc21.I. The molecule has 1 unspecified atom stereocenters. The number of guanidine groups is 1. The summed E-state index contributed by atoms with van der Waals surface area (Å²) in [6, 6.07) is 10.8. The predicted octanol–water partition coefficient (Wildman–Crippen LogP) is 4.59. The van der Waals surface area contributed by atoms with E-state index in [1.807, 2.05) is 6.07 Å².